The Morgan fingerprint density at radius 2 is 1.95 bits per heavy atom. The fraction of sp³-hybridized carbons (Fsp3) is 0.211. The number of hydrogen-bond acceptors (Lipinski definition) is 2. The quantitative estimate of drug-likeness (QED) is 0.711. The molecule has 0 saturated carbocycles. The van der Waals surface area contributed by atoms with Gasteiger partial charge in [-0.1, -0.05) is 24.3 Å². The van der Waals surface area contributed by atoms with Crippen molar-refractivity contribution >= 4 is 10.9 Å². The molecule has 0 fully saturated rings. The Labute approximate surface area is 130 Å². The zero-order chi connectivity index (χ0) is 15.7. The normalized spacial score (nSPS) is 10.6. The van der Waals surface area contributed by atoms with Gasteiger partial charge in [0.15, 0.2) is 0 Å². The highest BCUT2D eigenvalue weighted by atomic mass is 16.5. The minimum absolute atomic E-state index is 0.730. The summed E-state index contributed by atoms with van der Waals surface area (Å²) in [5.41, 5.74) is 5.04. The summed E-state index contributed by atoms with van der Waals surface area (Å²) in [7, 11) is 1.66. The van der Waals surface area contributed by atoms with E-state index in [1.54, 1.807) is 7.11 Å². The van der Waals surface area contributed by atoms with Crippen LogP contribution in [0.25, 0.3) is 22.2 Å². The Morgan fingerprint density at radius 1 is 1.18 bits per heavy atom. The number of nitrogens with zero attached hydrogens (tertiary/aromatic N) is 2. The van der Waals surface area contributed by atoms with Gasteiger partial charge < -0.3 is 9.30 Å². The molecule has 110 valence electrons. The highest BCUT2D eigenvalue weighted by Gasteiger charge is 2.19. The van der Waals surface area contributed by atoms with Gasteiger partial charge in [-0.3, -0.25) is 0 Å². The monoisotopic (exact) mass is 290 g/mol. The third kappa shape index (κ3) is 2.05. The lowest BCUT2D eigenvalue weighted by Gasteiger charge is -2.11. The van der Waals surface area contributed by atoms with Crippen molar-refractivity contribution in [2.24, 2.45) is 0 Å². The largest absolute Gasteiger partial charge is 0.497 e. The summed E-state index contributed by atoms with van der Waals surface area (Å²) in [5, 5.41) is 10.7. The topological polar surface area (TPSA) is 38.0 Å². The summed E-state index contributed by atoms with van der Waals surface area (Å²) in [6, 6.07) is 16.5. The third-order valence-corrected chi connectivity index (χ3v) is 4.10. The first-order valence-electron chi connectivity index (χ1n) is 7.37. The lowest BCUT2D eigenvalue weighted by molar-refractivity contribution is 0.415. The number of methoxy groups -OCH3 is 1. The first-order chi connectivity index (χ1) is 10.7. The second kappa shape index (κ2) is 5.57. The van der Waals surface area contributed by atoms with Crippen LogP contribution in [-0.4, -0.2) is 11.7 Å². The van der Waals surface area contributed by atoms with Crippen LogP contribution in [0.15, 0.2) is 42.5 Å². The minimum Gasteiger partial charge on any atom is -0.497 e. The molecule has 0 N–H and O–H groups in total. The summed E-state index contributed by atoms with van der Waals surface area (Å²) in [6.07, 6.45) is 0. The van der Waals surface area contributed by atoms with Crippen LogP contribution in [0.3, 0.4) is 0 Å². The highest BCUT2D eigenvalue weighted by Crippen LogP contribution is 2.36. The van der Waals surface area contributed by atoms with Crippen molar-refractivity contribution in [1.82, 2.24) is 4.57 Å². The van der Waals surface area contributed by atoms with Gasteiger partial charge in [0.2, 0.25) is 0 Å². The van der Waals surface area contributed by atoms with Gasteiger partial charge in [-0.05, 0) is 31.5 Å². The molecule has 0 radical (unpaired) electrons. The maximum absolute atomic E-state index is 9.71. The second-order valence-electron chi connectivity index (χ2n) is 5.28. The number of aryl methyl sites for hydroxylation is 2. The fourth-order valence-electron chi connectivity index (χ4n) is 3.02. The highest BCUT2D eigenvalue weighted by molar-refractivity contribution is 5.95. The number of benzene rings is 2. The Balaban J connectivity index is 2.44. The number of rotatable bonds is 3. The van der Waals surface area contributed by atoms with Crippen molar-refractivity contribution in [3.05, 3.63) is 53.6 Å². The van der Waals surface area contributed by atoms with E-state index >= 15 is 0 Å². The van der Waals surface area contributed by atoms with Gasteiger partial charge in [0, 0.05) is 23.6 Å². The molecule has 0 aliphatic heterocycles. The summed E-state index contributed by atoms with van der Waals surface area (Å²) >= 11 is 0. The van der Waals surface area contributed by atoms with Gasteiger partial charge in [0.25, 0.3) is 0 Å². The number of fused-ring (bicyclic) bond motifs is 1. The maximum Gasteiger partial charge on any atom is 0.120 e. The number of aromatic nitrogens is 1. The fourth-order valence-corrected chi connectivity index (χ4v) is 3.02. The molecule has 3 aromatic rings. The molecule has 3 nitrogen and oxygen atoms in total. The average molecular weight is 290 g/mol. The van der Waals surface area contributed by atoms with Crippen molar-refractivity contribution in [3.8, 4) is 23.1 Å². The van der Waals surface area contributed by atoms with Crippen molar-refractivity contribution < 1.29 is 4.74 Å². The number of ether oxygens (including phenoxy) is 1. The predicted molar refractivity (Wildman–Crippen MR) is 89.1 cm³/mol. The van der Waals surface area contributed by atoms with Crippen LogP contribution in [0.2, 0.25) is 0 Å². The molecule has 0 unspecified atom stereocenters. The Morgan fingerprint density at radius 3 is 2.59 bits per heavy atom. The smallest absolute Gasteiger partial charge is 0.120 e. The lowest BCUT2D eigenvalue weighted by Crippen LogP contribution is -1.99. The lowest BCUT2D eigenvalue weighted by atomic mass is 10.0. The minimum atomic E-state index is 0.730. The molecule has 0 aliphatic rings. The molecule has 3 heteroatoms. The molecule has 22 heavy (non-hydrogen) atoms. The molecule has 3 rings (SSSR count). The second-order valence-corrected chi connectivity index (χ2v) is 5.28. The molecule has 0 atom stereocenters. The van der Waals surface area contributed by atoms with E-state index in [0.717, 1.165) is 40.0 Å². The average Bonchev–Trinajstić information content (AvgIpc) is 2.87. The molecule has 0 aliphatic carbocycles. The summed E-state index contributed by atoms with van der Waals surface area (Å²) in [6.45, 7) is 4.98. The molecule has 2 aromatic carbocycles. The Kier molecular flexibility index (Phi) is 3.60. The summed E-state index contributed by atoms with van der Waals surface area (Å²) in [5.74, 6) is 0.806. The van der Waals surface area contributed by atoms with Gasteiger partial charge in [-0.25, -0.2) is 0 Å². The SMILES string of the molecule is CCn1c(-c2ccccc2C)c(C#N)c2ccc(OC)cc21. The van der Waals surface area contributed by atoms with Crippen molar-refractivity contribution in [2.75, 3.05) is 7.11 Å². The number of nitriles is 1. The van der Waals surface area contributed by atoms with E-state index in [9.17, 15) is 5.26 Å². The van der Waals surface area contributed by atoms with E-state index in [-0.39, 0.29) is 0 Å². The Hall–Kier alpha value is -2.73. The zero-order valence-corrected chi connectivity index (χ0v) is 13.1. The first-order valence-corrected chi connectivity index (χ1v) is 7.37. The van der Waals surface area contributed by atoms with Crippen LogP contribution in [0.4, 0.5) is 0 Å². The van der Waals surface area contributed by atoms with Gasteiger partial charge >= 0.3 is 0 Å². The molecule has 1 aromatic heterocycles. The van der Waals surface area contributed by atoms with Crippen molar-refractivity contribution in [2.45, 2.75) is 20.4 Å². The van der Waals surface area contributed by atoms with Crippen LogP contribution in [0.1, 0.15) is 18.1 Å². The predicted octanol–water partition coefficient (Wildman–Crippen LogP) is 4.52. The van der Waals surface area contributed by atoms with Crippen LogP contribution in [0.5, 0.6) is 5.75 Å². The molecule has 0 bridgehead atoms. The Bertz CT molecular complexity index is 884. The van der Waals surface area contributed by atoms with Gasteiger partial charge in [-0.2, -0.15) is 5.26 Å². The summed E-state index contributed by atoms with van der Waals surface area (Å²) < 4.78 is 7.53. The van der Waals surface area contributed by atoms with Gasteiger partial charge in [0.1, 0.15) is 11.8 Å². The van der Waals surface area contributed by atoms with Crippen molar-refractivity contribution in [3.63, 3.8) is 0 Å². The molecular formula is C19H18N2O. The van der Waals surface area contributed by atoms with Crippen LogP contribution in [0, 0.1) is 18.3 Å². The molecule has 1 heterocycles. The molecule has 0 spiro atoms. The van der Waals surface area contributed by atoms with E-state index in [4.69, 9.17) is 4.74 Å². The van der Waals surface area contributed by atoms with E-state index < -0.39 is 0 Å². The molecule has 0 saturated heterocycles. The van der Waals surface area contributed by atoms with Gasteiger partial charge in [0.05, 0.1) is 23.9 Å². The van der Waals surface area contributed by atoms with Gasteiger partial charge in [-0.15, -0.1) is 0 Å². The summed E-state index contributed by atoms with van der Waals surface area (Å²) in [4.78, 5) is 0. The first kappa shape index (κ1) is 14.2. The van der Waals surface area contributed by atoms with Crippen LogP contribution in [-0.2, 0) is 6.54 Å². The van der Waals surface area contributed by atoms with E-state index in [2.05, 4.69) is 36.6 Å². The van der Waals surface area contributed by atoms with E-state index in [1.807, 2.05) is 30.3 Å². The van der Waals surface area contributed by atoms with E-state index in [1.165, 1.54) is 5.56 Å². The third-order valence-electron chi connectivity index (χ3n) is 4.10. The maximum atomic E-state index is 9.71. The standard InChI is InChI=1S/C19H18N2O/c1-4-21-18-11-14(22-3)9-10-16(18)17(12-20)19(21)15-8-6-5-7-13(15)2/h5-11H,4H2,1-3H3. The zero-order valence-electron chi connectivity index (χ0n) is 13.1. The van der Waals surface area contributed by atoms with E-state index in [0.29, 0.717) is 0 Å². The van der Waals surface area contributed by atoms with Crippen LogP contribution < -0.4 is 4.74 Å². The number of hydrogen-bond donors (Lipinski definition) is 0. The van der Waals surface area contributed by atoms with Crippen molar-refractivity contribution in [1.29, 1.82) is 5.26 Å². The molecule has 0 amide bonds. The van der Waals surface area contributed by atoms with Crippen LogP contribution >= 0.6 is 0 Å². The molecular weight excluding hydrogens is 272 g/mol.